The van der Waals surface area contributed by atoms with E-state index in [9.17, 15) is 4.79 Å². The molecule has 0 bridgehead atoms. The van der Waals surface area contributed by atoms with Gasteiger partial charge in [-0.15, -0.1) is 24.8 Å². The van der Waals surface area contributed by atoms with E-state index in [1.54, 1.807) is 12.3 Å². The van der Waals surface area contributed by atoms with Crippen LogP contribution in [0.1, 0.15) is 25.3 Å². The number of hydrogen-bond donors (Lipinski definition) is 2. The van der Waals surface area contributed by atoms with Gasteiger partial charge in [-0.1, -0.05) is 6.07 Å². The molecule has 0 fully saturated rings. The Kier molecular flexibility index (Phi) is 10.0. The van der Waals surface area contributed by atoms with Gasteiger partial charge in [0.05, 0.1) is 0 Å². The van der Waals surface area contributed by atoms with E-state index in [4.69, 9.17) is 5.73 Å². The van der Waals surface area contributed by atoms with Crippen molar-refractivity contribution >= 4 is 36.5 Å². The molecule has 1 rings (SSSR count). The first-order chi connectivity index (χ1) is 7.08. The molecular weight excluding hydrogens is 261 g/mol. The van der Waals surface area contributed by atoms with Crippen LogP contribution in [0.15, 0.2) is 18.3 Å². The molecule has 0 saturated carbocycles. The highest BCUT2D eigenvalue weighted by Crippen LogP contribution is 2.05. The number of hydrogen-bond acceptors (Lipinski definition) is 3. The van der Waals surface area contributed by atoms with Crippen LogP contribution in [0.2, 0.25) is 0 Å². The predicted octanol–water partition coefficient (Wildman–Crippen LogP) is 2.30. The average Bonchev–Trinajstić information content (AvgIpc) is 2.19. The molecular formula is C11H19Cl2N3O. The van der Waals surface area contributed by atoms with Gasteiger partial charge in [0.15, 0.2) is 0 Å². The van der Waals surface area contributed by atoms with Gasteiger partial charge in [0, 0.05) is 18.7 Å². The summed E-state index contributed by atoms with van der Waals surface area (Å²) >= 11 is 0. The Morgan fingerprint density at radius 1 is 1.47 bits per heavy atom. The average molecular weight is 280 g/mol. The Balaban J connectivity index is 0. The molecule has 0 aliphatic heterocycles. The molecule has 0 aromatic carbocycles. The van der Waals surface area contributed by atoms with Crippen LogP contribution >= 0.6 is 24.8 Å². The van der Waals surface area contributed by atoms with Gasteiger partial charge >= 0.3 is 0 Å². The van der Waals surface area contributed by atoms with Gasteiger partial charge in [-0.3, -0.25) is 4.79 Å². The van der Waals surface area contributed by atoms with Gasteiger partial charge < -0.3 is 11.1 Å². The number of nitrogens with two attached hydrogens (primary N) is 1. The summed E-state index contributed by atoms with van der Waals surface area (Å²) in [7, 11) is 0. The Morgan fingerprint density at radius 3 is 2.59 bits per heavy atom. The zero-order valence-electron chi connectivity index (χ0n) is 9.97. The van der Waals surface area contributed by atoms with E-state index in [1.165, 1.54) is 0 Å². The van der Waals surface area contributed by atoms with Crippen LogP contribution in [0.25, 0.3) is 0 Å². The standard InChI is InChI=1S/C11H17N3O.2ClH/c1-8-3-5-10(13-7-8)14-11(15)6-4-9(2)12;;/h3,5,7,9H,4,6,12H2,1-2H3,(H,13,14,15);2*1H. The van der Waals surface area contributed by atoms with Crippen LogP contribution in [0.5, 0.6) is 0 Å². The highest BCUT2D eigenvalue weighted by molar-refractivity contribution is 5.89. The smallest absolute Gasteiger partial charge is 0.225 e. The summed E-state index contributed by atoms with van der Waals surface area (Å²) < 4.78 is 0. The SMILES string of the molecule is Cc1ccc(NC(=O)CCC(C)N)nc1.Cl.Cl. The second kappa shape index (κ2) is 9.22. The molecule has 1 aromatic heterocycles. The third-order valence-electron chi connectivity index (χ3n) is 2.01. The van der Waals surface area contributed by atoms with Crippen molar-refractivity contribution in [3.8, 4) is 0 Å². The highest BCUT2D eigenvalue weighted by atomic mass is 35.5. The fourth-order valence-corrected chi connectivity index (χ4v) is 1.11. The minimum absolute atomic E-state index is 0. The minimum Gasteiger partial charge on any atom is -0.328 e. The second-order valence-corrected chi connectivity index (χ2v) is 3.78. The number of halogens is 2. The van der Waals surface area contributed by atoms with Crippen molar-refractivity contribution in [1.29, 1.82) is 0 Å². The summed E-state index contributed by atoms with van der Waals surface area (Å²) in [5, 5.41) is 2.72. The number of aryl methyl sites for hydroxylation is 1. The molecule has 98 valence electrons. The van der Waals surface area contributed by atoms with Crippen molar-refractivity contribution in [2.24, 2.45) is 5.73 Å². The number of pyridine rings is 1. The van der Waals surface area contributed by atoms with E-state index in [0.29, 0.717) is 18.7 Å². The minimum atomic E-state index is -0.0383. The molecule has 0 aliphatic carbocycles. The summed E-state index contributed by atoms with van der Waals surface area (Å²) in [5.41, 5.74) is 6.63. The maximum absolute atomic E-state index is 11.4. The quantitative estimate of drug-likeness (QED) is 0.889. The first kappa shape index (κ1) is 18.5. The molecule has 1 amide bonds. The summed E-state index contributed by atoms with van der Waals surface area (Å²) in [6, 6.07) is 3.76. The van der Waals surface area contributed by atoms with Gasteiger partial charge in [-0.25, -0.2) is 4.98 Å². The van der Waals surface area contributed by atoms with Gasteiger partial charge in [0.1, 0.15) is 5.82 Å². The molecule has 1 heterocycles. The van der Waals surface area contributed by atoms with E-state index >= 15 is 0 Å². The number of aromatic nitrogens is 1. The van der Waals surface area contributed by atoms with E-state index in [2.05, 4.69) is 10.3 Å². The molecule has 1 atom stereocenters. The molecule has 0 radical (unpaired) electrons. The normalized spacial score (nSPS) is 10.8. The molecule has 1 aromatic rings. The van der Waals surface area contributed by atoms with E-state index < -0.39 is 0 Å². The van der Waals surface area contributed by atoms with Crippen molar-refractivity contribution in [3.63, 3.8) is 0 Å². The molecule has 3 N–H and O–H groups in total. The van der Waals surface area contributed by atoms with Crippen molar-refractivity contribution in [2.45, 2.75) is 32.7 Å². The van der Waals surface area contributed by atoms with Crippen molar-refractivity contribution in [1.82, 2.24) is 4.98 Å². The largest absolute Gasteiger partial charge is 0.328 e. The van der Waals surface area contributed by atoms with Crippen molar-refractivity contribution in [2.75, 3.05) is 5.32 Å². The van der Waals surface area contributed by atoms with Crippen LogP contribution in [0.3, 0.4) is 0 Å². The molecule has 1 unspecified atom stereocenters. The molecule has 0 saturated heterocycles. The number of carbonyl (C=O) groups is 1. The first-order valence-corrected chi connectivity index (χ1v) is 5.06. The monoisotopic (exact) mass is 279 g/mol. The molecule has 6 heteroatoms. The van der Waals surface area contributed by atoms with Gasteiger partial charge in [-0.2, -0.15) is 0 Å². The maximum Gasteiger partial charge on any atom is 0.225 e. The fraction of sp³-hybridized carbons (Fsp3) is 0.455. The summed E-state index contributed by atoms with van der Waals surface area (Å²) in [6.07, 6.45) is 2.85. The van der Waals surface area contributed by atoms with Crippen molar-refractivity contribution in [3.05, 3.63) is 23.9 Å². The number of anilines is 1. The van der Waals surface area contributed by atoms with Gasteiger partial charge in [0.2, 0.25) is 5.91 Å². The zero-order chi connectivity index (χ0) is 11.3. The van der Waals surface area contributed by atoms with Crippen LogP contribution in [0, 0.1) is 6.92 Å². The van der Waals surface area contributed by atoms with Crippen LogP contribution < -0.4 is 11.1 Å². The maximum atomic E-state index is 11.4. The molecule has 0 spiro atoms. The fourth-order valence-electron chi connectivity index (χ4n) is 1.11. The highest BCUT2D eigenvalue weighted by Gasteiger charge is 2.04. The van der Waals surface area contributed by atoms with Crippen LogP contribution in [-0.2, 0) is 4.79 Å². The van der Waals surface area contributed by atoms with E-state index in [0.717, 1.165) is 5.56 Å². The zero-order valence-corrected chi connectivity index (χ0v) is 11.6. The molecule has 0 aliphatic rings. The lowest BCUT2D eigenvalue weighted by atomic mass is 10.2. The topological polar surface area (TPSA) is 68.0 Å². The summed E-state index contributed by atoms with van der Waals surface area (Å²) in [4.78, 5) is 15.5. The molecule has 4 nitrogen and oxygen atoms in total. The lowest BCUT2D eigenvalue weighted by molar-refractivity contribution is -0.116. The Bertz CT molecular complexity index is 328. The predicted molar refractivity (Wildman–Crippen MR) is 75.0 cm³/mol. The molecule has 17 heavy (non-hydrogen) atoms. The lowest BCUT2D eigenvalue weighted by Crippen LogP contribution is -2.19. The Hall–Kier alpha value is -0.840. The lowest BCUT2D eigenvalue weighted by Gasteiger charge is -2.06. The van der Waals surface area contributed by atoms with Crippen molar-refractivity contribution < 1.29 is 4.79 Å². The number of rotatable bonds is 4. The van der Waals surface area contributed by atoms with Gasteiger partial charge in [-0.05, 0) is 31.9 Å². The summed E-state index contributed by atoms with van der Waals surface area (Å²) in [5.74, 6) is 0.555. The Labute approximate surface area is 114 Å². The Morgan fingerprint density at radius 2 is 2.12 bits per heavy atom. The van der Waals surface area contributed by atoms with Gasteiger partial charge in [0.25, 0.3) is 0 Å². The third-order valence-corrected chi connectivity index (χ3v) is 2.01. The third kappa shape index (κ3) is 7.96. The van der Waals surface area contributed by atoms with Crippen LogP contribution in [-0.4, -0.2) is 16.9 Å². The second-order valence-electron chi connectivity index (χ2n) is 3.78. The number of nitrogens with one attached hydrogen (secondary N) is 1. The van der Waals surface area contributed by atoms with E-state index in [-0.39, 0.29) is 36.8 Å². The number of amides is 1. The van der Waals surface area contributed by atoms with E-state index in [1.807, 2.05) is 19.9 Å². The number of carbonyl (C=O) groups excluding carboxylic acids is 1. The number of nitrogens with zero attached hydrogens (tertiary/aromatic N) is 1. The summed E-state index contributed by atoms with van der Waals surface area (Å²) in [6.45, 7) is 3.84. The first-order valence-electron chi connectivity index (χ1n) is 5.06. The van der Waals surface area contributed by atoms with Crippen LogP contribution in [0.4, 0.5) is 5.82 Å².